The summed E-state index contributed by atoms with van der Waals surface area (Å²) >= 11 is 0. The minimum absolute atomic E-state index is 0. The van der Waals surface area contributed by atoms with E-state index in [1.54, 1.807) is 0 Å². The van der Waals surface area contributed by atoms with Gasteiger partial charge in [0.25, 0.3) is 0 Å². The zero-order valence-electron chi connectivity index (χ0n) is 19.3. The van der Waals surface area contributed by atoms with Gasteiger partial charge in [-0.05, 0) is 64.6 Å². The molecule has 0 aliphatic carbocycles. The maximum absolute atomic E-state index is 12.7. The fourth-order valence-corrected chi connectivity index (χ4v) is 4.99. The first-order valence-electron chi connectivity index (χ1n) is 11.8. The summed E-state index contributed by atoms with van der Waals surface area (Å²) in [4.78, 5) is 26.5. The summed E-state index contributed by atoms with van der Waals surface area (Å²) in [5.41, 5.74) is 0. The molecule has 174 valence electrons. The molecule has 0 spiro atoms. The van der Waals surface area contributed by atoms with E-state index in [1.807, 2.05) is 11.9 Å². The second-order valence-electron chi connectivity index (χ2n) is 8.87. The molecule has 1 N–H and O–H groups in total. The molecular formula is C22H43IN6O. The Morgan fingerprint density at radius 1 is 1.00 bits per heavy atom. The number of carbonyl (C=O) groups excluding carboxylic acids is 1. The van der Waals surface area contributed by atoms with Crippen molar-refractivity contribution in [2.45, 2.75) is 52.0 Å². The summed E-state index contributed by atoms with van der Waals surface area (Å²) in [6.45, 7) is 14.7. The van der Waals surface area contributed by atoms with Crippen molar-refractivity contribution in [1.29, 1.82) is 0 Å². The number of rotatable bonds is 6. The Morgan fingerprint density at radius 3 is 2.20 bits per heavy atom. The molecule has 0 radical (unpaired) electrons. The van der Waals surface area contributed by atoms with E-state index in [9.17, 15) is 4.79 Å². The van der Waals surface area contributed by atoms with Crippen LogP contribution in [0.2, 0.25) is 0 Å². The van der Waals surface area contributed by atoms with Crippen molar-refractivity contribution in [3.05, 3.63) is 0 Å². The smallest absolute Gasteiger partial charge is 0.239 e. The number of likely N-dealkylation sites (tertiary alicyclic amines) is 2. The van der Waals surface area contributed by atoms with Crippen LogP contribution >= 0.6 is 24.0 Å². The van der Waals surface area contributed by atoms with E-state index in [0.717, 1.165) is 70.5 Å². The van der Waals surface area contributed by atoms with Crippen LogP contribution in [0.15, 0.2) is 4.99 Å². The number of hydrogen-bond donors (Lipinski definition) is 1. The van der Waals surface area contributed by atoms with Crippen LogP contribution in [0.25, 0.3) is 0 Å². The van der Waals surface area contributed by atoms with Crippen molar-refractivity contribution in [3.8, 4) is 0 Å². The summed E-state index contributed by atoms with van der Waals surface area (Å²) in [5.74, 6) is 2.18. The van der Waals surface area contributed by atoms with E-state index in [1.165, 1.54) is 38.9 Å². The molecule has 7 nitrogen and oxygen atoms in total. The molecule has 3 rings (SSSR count). The van der Waals surface area contributed by atoms with Gasteiger partial charge in [-0.15, -0.1) is 24.0 Å². The van der Waals surface area contributed by atoms with Crippen molar-refractivity contribution < 1.29 is 4.79 Å². The van der Waals surface area contributed by atoms with Crippen LogP contribution in [0.4, 0.5) is 0 Å². The lowest BCUT2D eigenvalue weighted by Gasteiger charge is -2.39. The van der Waals surface area contributed by atoms with Crippen molar-refractivity contribution >= 4 is 35.8 Å². The first-order chi connectivity index (χ1) is 14.1. The second kappa shape index (κ2) is 13.1. The van der Waals surface area contributed by atoms with Gasteiger partial charge in [-0.2, -0.15) is 0 Å². The molecule has 3 aliphatic heterocycles. The number of piperazine rings is 1. The standard InChI is InChI=1S/C22H42N6O.HI/c1-4-25-13-8-20(9-14-25)7-10-24-22(23-3)28-17-15-26(16-18-28)19(2)21(29)27-11-5-6-12-27;/h19-20H,4-18H2,1-3H3,(H,23,24);1H. The number of hydrogen-bond acceptors (Lipinski definition) is 4. The van der Waals surface area contributed by atoms with Crippen LogP contribution in [0, 0.1) is 5.92 Å². The molecule has 3 saturated heterocycles. The number of guanidine groups is 1. The molecule has 3 fully saturated rings. The Hall–Kier alpha value is -0.610. The first kappa shape index (κ1) is 25.6. The van der Waals surface area contributed by atoms with Gasteiger partial charge in [0.1, 0.15) is 0 Å². The predicted molar refractivity (Wildman–Crippen MR) is 135 cm³/mol. The molecule has 3 heterocycles. The molecule has 1 unspecified atom stereocenters. The number of carbonyl (C=O) groups is 1. The molecule has 1 atom stereocenters. The van der Waals surface area contributed by atoms with E-state index in [-0.39, 0.29) is 30.0 Å². The monoisotopic (exact) mass is 534 g/mol. The van der Waals surface area contributed by atoms with E-state index in [4.69, 9.17) is 0 Å². The SMILES string of the molecule is CCN1CCC(CCNC(=NC)N2CCN(C(C)C(=O)N3CCCC3)CC2)CC1.I. The zero-order valence-corrected chi connectivity index (χ0v) is 21.6. The number of halogens is 1. The van der Waals surface area contributed by atoms with Crippen LogP contribution in [-0.4, -0.2) is 110 Å². The van der Waals surface area contributed by atoms with Crippen LogP contribution < -0.4 is 5.32 Å². The van der Waals surface area contributed by atoms with E-state index in [0.29, 0.717) is 5.91 Å². The second-order valence-corrected chi connectivity index (χ2v) is 8.87. The molecule has 30 heavy (non-hydrogen) atoms. The topological polar surface area (TPSA) is 54.4 Å². The van der Waals surface area contributed by atoms with Gasteiger partial charge < -0.3 is 20.0 Å². The maximum atomic E-state index is 12.7. The van der Waals surface area contributed by atoms with Gasteiger partial charge in [-0.1, -0.05) is 6.92 Å². The highest BCUT2D eigenvalue weighted by Crippen LogP contribution is 2.19. The van der Waals surface area contributed by atoms with Gasteiger partial charge in [-0.3, -0.25) is 14.7 Å². The number of piperidine rings is 1. The largest absolute Gasteiger partial charge is 0.356 e. The van der Waals surface area contributed by atoms with Gasteiger partial charge >= 0.3 is 0 Å². The average Bonchev–Trinajstić information content (AvgIpc) is 3.31. The number of nitrogens with one attached hydrogen (secondary N) is 1. The van der Waals surface area contributed by atoms with Crippen molar-refractivity contribution in [2.24, 2.45) is 10.9 Å². The Labute approximate surface area is 200 Å². The highest BCUT2D eigenvalue weighted by Gasteiger charge is 2.30. The summed E-state index contributed by atoms with van der Waals surface area (Å²) in [5, 5.41) is 3.59. The quantitative estimate of drug-likeness (QED) is 0.321. The molecular weight excluding hydrogens is 491 g/mol. The minimum Gasteiger partial charge on any atom is -0.356 e. The number of nitrogens with zero attached hydrogens (tertiary/aromatic N) is 5. The van der Waals surface area contributed by atoms with Crippen molar-refractivity contribution in [1.82, 2.24) is 24.9 Å². The van der Waals surface area contributed by atoms with Gasteiger partial charge in [0, 0.05) is 52.9 Å². The molecule has 0 bridgehead atoms. The average molecular weight is 535 g/mol. The summed E-state index contributed by atoms with van der Waals surface area (Å²) in [6.07, 6.45) is 6.21. The van der Waals surface area contributed by atoms with Crippen LogP contribution in [0.5, 0.6) is 0 Å². The highest BCUT2D eigenvalue weighted by molar-refractivity contribution is 14.0. The lowest BCUT2D eigenvalue weighted by atomic mass is 9.93. The summed E-state index contributed by atoms with van der Waals surface area (Å²) in [6, 6.07) is -0.000729. The van der Waals surface area contributed by atoms with Crippen molar-refractivity contribution in [3.63, 3.8) is 0 Å². The van der Waals surface area contributed by atoms with Crippen LogP contribution in [-0.2, 0) is 4.79 Å². The van der Waals surface area contributed by atoms with Crippen LogP contribution in [0.3, 0.4) is 0 Å². The number of aliphatic imine (C=N–C) groups is 1. The zero-order chi connectivity index (χ0) is 20.6. The third-order valence-corrected chi connectivity index (χ3v) is 7.14. The molecule has 0 aromatic heterocycles. The molecule has 3 aliphatic rings. The highest BCUT2D eigenvalue weighted by atomic mass is 127. The minimum atomic E-state index is -0.000729. The lowest BCUT2D eigenvalue weighted by Crippen LogP contribution is -2.57. The third kappa shape index (κ3) is 6.95. The fraction of sp³-hybridized carbons (Fsp3) is 0.909. The van der Waals surface area contributed by atoms with E-state index < -0.39 is 0 Å². The van der Waals surface area contributed by atoms with Crippen molar-refractivity contribution in [2.75, 3.05) is 72.5 Å². The number of amides is 1. The molecule has 0 saturated carbocycles. The summed E-state index contributed by atoms with van der Waals surface area (Å²) < 4.78 is 0. The Morgan fingerprint density at radius 2 is 1.63 bits per heavy atom. The third-order valence-electron chi connectivity index (χ3n) is 7.14. The van der Waals surface area contributed by atoms with E-state index >= 15 is 0 Å². The Balaban J connectivity index is 0.00000320. The Kier molecular flexibility index (Phi) is 11.2. The van der Waals surface area contributed by atoms with Gasteiger partial charge in [0.05, 0.1) is 6.04 Å². The van der Waals surface area contributed by atoms with E-state index in [2.05, 4.69) is 38.9 Å². The first-order valence-corrected chi connectivity index (χ1v) is 11.8. The molecule has 1 amide bonds. The molecule has 0 aromatic rings. The van der Waals surface area contributed by atoms with Gasteiger partial charge in [0.15, 0.2) is 5.96 Å². The van der Waals surface area contributed by atoms with Gasteiger partial charge in [0.2, 0.25) is 5.91 Å². The van der Waals surface area contributed by atoms with Gasteiger partial charge in [-0.25, -0.2) is 0 Å². The fourth-order valence-electron chi connectivity index (χ4n) is 4.99. The molecule has 8 heteroatoms. The molecule has 0 aromatic carbocycles. The Bertz CT molecular complexity index is 538. The maximum Gasteiger partial charge on any atom is 0.239 e. The predicted octanol–water partition coefficient (Wildman–Crippen LogP) is 1.93. The van der Waals surface area contributed by atoms with Crippen LogP contribution in [0.1, 0.15) is 46.0 Å². The summed E-state index contributed by atoms with van der Waals surface area (Å²) in [7, 11) is 1.88. The normalized spacial score (nSPS) is 23.4. The lowest BCUT2D eigenvalue weighted by molar-refractivity contribution is -0.135.